The van der Waals surface area contributed by atoms with Crippen LogP contribution in [0.3, 0.4) is 0 Å². The SMILES string of the molecule is Cc1ccc(C)c(OCCOc2ccc(/C=C(/C#N)C(=O)Nc3nnc(C)s3)cc2)c1. The van der Waals surface area contributed by atoms with Crippen LogP contribution < -0.4 is 14.8 Å². The largest absolute Gasteiger partial charge is 0.490 e. The van der Waals surface area contributed by atoms with E-state index in [1.807, 2.05) is 38.1 Å². The third-order valence-corrected chi connectivity index (χ3v) is 5.01. The van der Waals surface area contributed by atoms with Crippen LogP contribution >= 0.6 is 11.3 Å². The van der Waals surface area contributed by atoms with Crippen LogP contribution in [-0.4, -0.2) is 29.3 Å². The molecule has 0 atom stereocenters. The lowest BCUT2D eigenvalue weighted by molar-refractivity contribution is -0.112. The standard InChI is InChI=1S/C23H22N4O3S/c1-15-4-5-16(2)21(12-15)30-11-10-29-20-8-6-18(7-9-20)13-19(14-24)22(28)25-23-27-26-17(3)31-23/h4-9,12-13H,10-11H2,1-3H3,(H,25,27,28)/b19-13-. The molecule has 0 aliphatic rings. The van der Waals surface area contributed by atoms with Crippen LogP contribution in [0.4, 0.5) is 5.13 Å². The topological polar surface area (TPSA) is 97.1 Å². The summed E-state index contributed by atoms with van der Waals surface area (Å²) in [5.41, 5.74) is 2.91. The predicted molar refractivity (Wildman–Crippen MR) is 120 cm³/mol. The summed E-state index contributed by atoms with van der Waals surface area (Å²) in [7, 11) is 0. The van der Waals surface area contributed by atoms with E-state index in [0.717, 1.165) is 21.9 Å². The highest BCUT2D eigenvalue weighted by Crippen LogP contribution is 2.20. The van der Waals surface area contributed by atoms with E-state index < -0.39 is 5.91 Å². The fourth-order valence-corrected chi connectivity index (χ4v) is 3.25. The number of hydrogen-bond donors (Lipinski definition) is 1. The van der Waals surface area contributed by atoms with Gasteiger partial charge in [0.1, 0.15) is 41.4 Å². The number of anilines is 1. The first-order valence-electron chi connectivity index (χ1n) is 9.61. The van der Waals surface area contributed by atoms with Crippen LogP contribution in [-0.2, 0) is 4.79 Å². The third kappa shape index (κ3) is 6.39. The minimum atomic E-state index is -0.525. The van der Waals surface area contributed by atoms with Gasteiger partial charge in [-0.05, 0) is 61.7 Å². The average molecular weight is 435 g/mol. The lowest BCUT2D eigenvalue weighted by atomic mass is 10.1. The number of carbonyl (C=O) groups is 1. The highest BCUT2D eigenvalue weighted by molar-refractivity contribution is 7.15. The first-order valence-corrected chi connectivity index (χ1v) is 10.4. The van der Waals surface area contributed by atoms with Crippen LogP contribution in [0.2, 0.25) is 0 Å². The molecule has 1 N–H and O–H groups in total. The van der Waals surface area contributed by atoms with Crippen molar-refractivity contribution in [1.82, 2.24) is 10.2 Å². The molecule has 1 amide bonds. The minimum Gasteiger partial charge on any atom is -0.490 e. The number of ether oxygens (including phenoxy) is 2. The monoisotopic (exact) mass is 434 g/mol. The number of aromatic nitrogens is 2. The zero-order valence-corrected chi connectivity index (χ0v) is 18.3. The van der Waals surface area contributed by atoms with E-state index in [4.69, 9.17) is 9.47 Å². The van der Waals surface area contributed by atoms with Crippen LogP contribution in [0.5, 0.6) is 11.5 Å². The molecule has 0 spiro atoms. The Morgan fingerprint density at radius 1 is 1.10 bits per heavy atom. The van der Waals surface area contributed by atoms with Gasteiger partial charge in [0.15, 0.2) is 0 Å². The normalized spacial score (nSPS) is 11.0. The van der Waals surface area contributed by atoms with Crippen LogP contribution in [0.15, 0.2) is 48.0 Å². The second-order valence-electron chi connectivity index (χ2n) is 6.79. The third-order valence-electron chi connectivity index (χ3n) is 4.26. The van der Waals surface area contributed by atoms with Gasteiger partial charge in [-0.25, -0.2) is 0 Å². The van der Waals surface area contributed by atoms with Crippen molar-refractivity contribution in [2.75, 3.05) is 18.5 Å². The number of hydrogen-bond acceptors (Lipinski definition) is 7. The van der Waals surface area contributed by atoms with Crippen LogP contribution in [0, 0.1) is 32.1 Å². The molecule has 3 rings (SSSR count). The Hall–Kier alpha value is -3.70. The summed E-state index contributed by atoms with van der Waals surface area (Å²) < 4.78 is 11.5. The highest BCUT2D eigenvalue weighted by atomic mass is 32.1. The molecule has 0 saturated heterocycles. The van der Waals surface area contributed by atoms with Gasteiger partial charge in [-0.2, -0.15) is 5.26 Å². The van der Waals surface area contributed by atoms with Crippen LogP contribution in [0.25, 0.3) is 6.08 Å². The van der Waals surface area contributed by atoms with Gasteiger partial charge < -0.3 is 9.47 Å². The number of rotatable bonds is 8. The number of nitriles is 1. The number of nitrogens with one attached hydrogen (secondary N) is 1. The zero-order valence-electron chi connectivity index (χ0n) is 17.5. The first-order chi connectivity index (χ1) is 14.9. The predicted octanol–water partition coefficient (Wildman–Crippen LogP) is 4.47. The summed E-state index contributed by atoms with van der Waals surface area (Å²) in [5, 5.41) is 20.6. The first kappa shape index (κ1) is 22.0. The molecule has 7 nitrogen and oxygen atoms in total. The molecule has 2 aromatic carbocycles. The van der Waals surface area contributed by atoms with Gasteiger partial charge in [0.05, 0.1) is 0 Å². The molecule has 1 aromatic heterocycles. The van der Waals surface area contributed by atoms with Crippen LogP contribution in [0.1, 0.15) is 21.7 Å². The molecule has 31 heavy (non-hydrogen) atoms. The fraction of sp³-hybridized carbons (Fsp3) is 0.217. The van der Waals surface area contributed by atoms with E-state index in [-0.39, 0.29) is 5.57 Å². The maximum atomic E-state index is 12.3. The van der Waals surface area contributed by atoms with Gasteiger partial charge >= 0.3 is 0 Å². The van der Waals surface area contributed by atoms with Crippen molar-refractivity contribution >= 4 is 28.5 Å². The molecule has 0 aliphatic heterocycles. The summed E-state index contributed by atoms with van der Waals surface area (Å²) in [6, 6.07) is 15.1. The smallest absolute Gasteiger partial charge is 0.268 e. The van der Waals surface area contributed by atoms with Gasteiger partial charge in [0.25, 0.3) is 5.91 Å². The van der Waals surface area contributed by atoms with Crippen molar-refractivity contribution in [3.8, 4) is 17.6 Å². The fourth-order valence-electron chi connectivity index (χ4n) is 2.66. The Bertz CT molecular complexity index is 1130. The maximum Gasteiger partial charge on any atom is 0.268 e. The van der Waals surface area contributed by atoms with E-state index in [2.05, 4.69) is 15.5 Å². The van der Waals surface area contributed by atoms with E-state index in [1.54, 1.807) is 31.2 Å². The number of carbonyl (C=O) groups excluding carboxylic acids is 1. The van der Waals surface area contributed by atoms with Crippen molar-refractivity contribution < 1.29 is 14.3 Å². The Labute approximate surface area is 185 Å². The quantitative estimate of drug-likeness (QED) is 0.319. The molecule has 0 bridgehead atoms. The molecule has 0 aliphatic carbocycles. The summed E-state index contributed by atoms with van der Waals surface area (Å²) in [6.45, 7) is 6.64. The van der Waals surface area contributed by atoms with Gasteiger partial charge in [0.2, 0.25) is 5.13 Å². The number of benzene rings is 2. The summed E-state index contributed by atoms with van der Waals surface area (Å²) >= 11 is 1.24. The molecule has 0 radical (unpaired) electrons. The van der Waals surface area contributed by atoms with Crippen molar-refractivity contribution in [1.29, 1.82) is 5.26 Å². The van der Waals surface area contributed by atoms with Gasteiger partial charge in [-0.15, -0.1) is 10.2 Å². The second-order valence-corrected chi connectivity index (χ2v) is 7.97. The number of nitrogens with zero attached hydrogens (tertiary/aromatic N) is 3. The van der Waals surface area contributed by atoms with Crippen molar-refractivity contribution in [2.45, 2.75) is 20.8 Å². The Morgan fingerprint density at radius 2 is 1.84 bits per heavy atom. The summed E-state index contributed by atoms with van der Waals surface area (Å²) in [4.78, 5) is 12.3. The number of amides is 1. The van der Waals surface area contributed by atoms with E-state index in [1.165, 1.54) is 17.4 Å². The molecule has 0 saturated carbocycles. The van der Waals surface area contributed by atoms with Gasteiger partial charge in [-0.1, -0.05) is 35.6 Å². The maximum absolute atomic E-state index is 12.3. The van der Waals surface area contributed by atoms with Crippen molar-refractivity contribution in [3.63, 3.8) is 0 Å². The molecule has 0 fully saturated rings. The molecule has 1 heterocycles. The lowest BCUT2D eigenvalue weighted by Crippen LogP contribution is -2.13. The van der Waals surface area contributed by atoms with E-state index in [0.29, 0.717) is 29.7 Å². The Balaban J connectivity index is 1.53. The Morgan fingerprint density at radius 3 is 2.52 bits per heavy atom. The highest BCUT2D eigenvalue weighted by Gasteiger charge is 2.12. The Kier molecular flexibility index (Phi) is 7.35. The molecule has 158 valence electrons. The average Bonchev–Trinajstić information content (AvgIpc) is 3.17. The lowest BCUT2D eigenvalue weighted by Gasteiger charge is -2.11. The van der Waals surface area contributed by atoms with Crippen molar-refractivity contribution in [2.24, 2.45) is 0 Å². The number of aryl methyl sites for hydroxylation is 3. The summed E-state index contributed by atoms with van der Waals surface area (Å²) in [6.07, 6.45) is 1.51. The molecule has 8 heteroatoms. The summed E-state index contributed by atoms with van der Waals surface area (Å²) in [5.74, 6) is 1.01. The van der Waals surface area contributed by atoms with Gasteiger partial charge in [0, 0.05) is 0 Å². The molecular weight excluding hydrogens is 412 g/mol. The van der Waals surface area contributed by atoms with E-state index in [9.17, 15) is 10.1 Å². The van der Waals surface area contributed by atoms with Gasteiger partial charge in [-0.3, -0.25) is 10.1 Å². The van der Waals surface area contributed by atoms with E-state index >= 15 is 0 Å². The second kappa shape index (κ2) is 10.4. The molecule has 0 unspecified atom stereocenters. The molecule has 3 aromatic rings. The molecular formula is C23H22N4O3S. The van der Waals surface area contributed by atoms with Crippen molar-refractivity contribution in [3.05, 3.63) is 69.7 Å². The minimum absolute atomic E-state index is 0.0246. The zero-order chi connectivity index (χ0) is 22.2.